The SMILES string of the molecule is COc1c(C)cc(CNCC(C)CC(=O)O)cc1C. The Hall–Kier alpha value is -1.55. The Balaban J connectivity index is 2.52. The minimum Gasteiger partial charge on any atom is -0.496 e. The number of hydrogen-bond donors (Lipinski definition) is 2. The lowest BCUT2D eigenvalue weighted by Crippen LogP contribution is -2.22. The molecule has 0 heterocycles. The number of hydrogen-bond acceptors (Lipinski definition) is 3. The van der Waals surface area contributed by atoms with Crippen molar-refractivity contribution in [2.24, 2.45) is 5.92 Å². The smallest absolute Gasteiger partial charge is 0.303 e. The molecule has 1 unspecified atom stereocenters. The second-order valence-corrected chi connectivity index (χ2v) is 5.10. The van der Waals surface area contributed by atoms with Crippen LogP contribution in [0.4, 0.5) is 0 Å². The molecule has 1 rings (SSSR count). The summed E-state index contributed by atoms with van der Waals surface area (Å²) in [6, 6.07) is 4.20. The summed E-state index contributed by atoms with van der Waals surface area (Å²) in [4.78, 5) is 10.6. The lowest BCUT2D eigenvalue weighted by Gasteiger charge is -2.13. The first-order chi connectivity index (χ1) is 8.93. The van der Waals surface area contributed by atoms with Crippen LogP contribution in [-0.2, 0) is 11.3 Å². The van der Waals surface area contributed by atoms with Crippen LogP contribution in [0, 0.1) is 19.8 Å². The van der Waals surface area contributed by atoms with E-state index in [1.54, 1.807) is 7.11 Å². The van der Waals surface area contributed by atoms with Gasteiger partial charge in [0.2, 0.25) is 0 Å². The molecule has 1 atom stereocenters. The Morgan fingerprint density at radius 3 is 2.42 bits per heavy atom. The normalized spacial score (nSPS) is 12.2. The number of carboxylic acid groups (broad SMARTS) is 1. The van der Waals surface area contributed by atoms with E-state index < -0.39 is 5.97 Å². The van der Waals surface area contributed by atoms with E-state index in [1.807, 2.05) is 20.8 Å². The molecule has 0 aliphatic carbocycles. The minimum atomic E-state index is -0.745. The molecule has 1 aromatic carbocycles. The first-order valence-electron chi connectivity index (χ1n) is 6.50. The molecule has 0 spiro atoms. The van der Waals surface area contributed by atoms with Gasteiger partial charge in [-0.3, -0.25) is 4.79 Å². The van der Waals surface area contributed by atoms with Gasteiger partial charge in [0.1, 0.15) is 5.75 Å². The molecule has 4 nitrogen and oxygen atoms in total. The van der Waals surface area contributed by atoms with Crippen molar-refractivity contribution in [2.45, 2.75) is 33.7 Å². The van der Waals surface area contributed by atoms with Gasteiger partial charge in [-0.1, -0.05) is 19.1 Å². The molecule has 0 saturated heterocycles. The maximum Gasteiger partial charge on any atom is 0.303 e. The standard InChI is InChI=1S/C15H23NO3/c1-10(5-14(17)18)8-16-9-13-6-11(2)15(19-4)12(3)7-13/h6-7,10,16H,5,8-9H2,1-4H3,(H,17,18). The second-order valence-electron chi connectivity index (χ2n) is 5.10. The molecule has 1 aromatic rings. The molecule has 4 heteroatoms. The molecule has 0 saturated carbocycles. The average molecular weight is 265 g/mol. The summed E-state index contributed by atoms with van der Waals surface area (Å²) in [7, 11) is 1.68. The number of nitrogens with one attached hydrogen (secondary N) is 1. The van der Waals surface area contributed by atoms with Gasteiger partial charge in [-0.25, -0.2) is 0 Å². The van der Waals surface area contributed by atoms with E-state index in [4.69, 9.17) is 9.84 Å². The Morgan fingerprint density at radius 2 is 1.95 bits per heavy atom. The highest BCUT2D eigenvalue weighted by atomic mass is 16.5. The summed E-state index contributed by atoms with van der Waals surface area (Å²) in [5.41, 5.74) is 3.44. The van der Waals surface area contributed by atoms with Gasteiger partial charge in [0, 0.05) is 13.0 Å². The zero-order valence-electron chi connectivity index (χ0n) is 12.1. The molecule has 0 aliphatic rings. The van der Waals surface area contributed by atoms with Gasteiger partial charge < -0.3 is 15.2 Å². The fourth-order valence-corrected chi connectivity index (χ4v) is 2.30. The number of benzene rings is 1. The van der Waals surface area contributed by atoms with Crippen molar-refractivity contribution >= 4 is 5.97 Å². The summed E-state index contributed by atoms with van der Waals surface area (Å²) in [5.74, 6) is 0.325. The van der Waals surface area contributed by atoms with E-state index in [0.29, 0.717) is 6.54 Å². The second kappa shape index (κ2) is 7.14. The number of aryl methyl sites for hydroxylation is 2. The molecule has 2 N–H and O–H groups in total. The highest BCUT2D eigenvalue weighted by molar-refractivity contribution is 5.66. The van der Waals surface area contributed by atoms with Gasteiger partial charge >= 0.3 is 5.97 Å². The topological polar surface area (TPSA) is 58.6 Å². The number of carboxylic acids is 1. The van der Waals surface area contributed by atoms with Crippen LogP contribution in [0.15, 0.2) is 12.1 Å². The average Bonchev–Trinajstić information content (AvgIpc) is 2.27. The van der Waals surface area contributed by atoms with Crippen molar-refractivity contribution in [1.29, 1.82) is 0 Å². The lowest BCUT2D eigenvalue weighted by molar-refractivity contribution is -0.137. The number of methoxy groups -OCH3 is 1. The van der Waals surface area contributed by atoms with Crippen molar-refractivity contribution in [3.8, 4) is 5.75 Å². The highest BCUT2D eigenvalue weighted by Crippen LogP contribution is 2.24. The molecule has 0 amide bonds. The van der Waals surface area contributed by atoms with E-state index in [-0.39, 0.29) is 12.3 Å². The third-order valence-electron chi connectivity index (χ3n) is 3.07. The van der Waals surface area contributed by atoms with Gasteiger partial charge in [-0.05, 0) is 43.0 Å². The summed E-state index contributed by atoms with van der Waals surface area (Å²) in [5, 5.41) is 12.0. The van der Waals surface area contributed by atoms with Crippen LogP contribution in [0.2, 0.25) is 0 Å². The molecule has 0 radical (unpaired) electrons. The zero-order valence-corrected chi connectivity index (χ0v) is 12.1. The Kier molecular flexibility index (Phi) is 5.83. The largest absolute Gasteiger partial charge is 0.496 e. The van der Waals surface area contributed by atoms with Gasteiger partial charge in [-0.15, -0.1) is 0 Å². The lowest BCUT2D eigenvalue weighted by atomic mass is 10.0. The van der Waals surface area contributed by atoms with Crippen molar-refractivity contribution in [3.63, 3.8) is 0 Å². The summed E-state index contributed by atoms with van der Waals surface area (Å²) in [6.07, 6.45) is 0.202. The molecule has 0 aliphatic heterocycles. The summed E-state index contributed by atoms with van der Waals surface area (Å²) >= 11 is 0. The predicted molar refractivity (Wildman–Crippen MR) is 75.6 cm³/mol. The molecule has 0 fully saturated rings. The van der Waals surface area contributed by atoms with Crippen LogP contribution in [0.25, 0.3) is 0 Å². The fraction of sp³-hybridized carbons (Fsp3) is 0.533. The van der Waals surface area contributed by atoms with E-state index in [9.17, 15) is 4.79 Å². The van der Waals surface area contributed by atoms with Gasteiger partial charge in [0.25, 0.3) is 0 Å². The molecule has 106 valence electrons. The predicted octanol–water partition coefficient (Wildman–Crippen LogP) is 2.51. The maximum absolute atomic E-state index is 10.6. The quantitative estimate of drug-likeness (QED) is 0.795. The first-order valence-corrected chi connectivity index (χ1v) is 6.50. The van der Waals surface area contributed by atoms with E-state index in [1.165, 1.54) is 5.56 Å². The van der Waals surface area contributed by atoms with Gasteiger partial charge in [-0.2, -0.15) is 0 Å². The molecule has 0 bridgehead atoms. The highest BCUT2D eigenvalue weighted by Gasteiger charge is 2.08. The van der Waals surface area contributed by atoms with E-state index in [0.717, 1.165) is 23.4 Å². The Morgan fingerprint density at radius 1 is 1.37 bits per heavy atom. The Labute approximate surface area is 114 Å². The van der Waals surface area contributed by atoms with Crippen LogP contribution >= 0.6 is 0 Å². The van der Waals surface area contributed by atoms with Gasteiger partial charge in [0.15, 0.2) is 0 Å². The number of carbonyl (C=O) groups is 1. The van der Waals surface area contributed by atoms with Crippen molar-refractivity contribution in [2.75, 3.05) is 13.7 Å². The fourth-order valence-electron chi connectivity index (χ4n) is 2.30. The third-order valence-corrected chi connectivity index (χ3v) is 3.07. The monoisotopic (exact) mass is 265 g/mol. The number of rotatable bonds is 7. The van der Waals surface area contributed by atoms with Crippen LogP contribution in [-0.4, -0.2) is 24.7 Å². The van der Waals surface area contributed by atoms with Crippen LogP contribution in [0.1, 0.15) is 30.0 Å². The van der Waals surface area contributed by atoms with Crippen LogP contribution < -0.4 is 10.1 Å². The van der Waals surface area contributed by atoms with Crippen molar-refractivity contribution in [3.05, 3.63) is 28.8 Å². The summed E-state index contributed by atoms with van der Waals surface area (Å²) in [6.45, 7) is 7.45. The first kappa shape index (κ1) is 15.5. The molecular formula is C15H23NO3. The minimum absolute atomic E-state index is 0.137. The third kappa shape index (κ3) is 4.91. The van der Waals surface area contributed by atoms with Gasteiger partial charge in [0.05, 0.1) is 7.11 Å². The maximum atomic E-state index is 10.6. The molecular weight excluding hydrogens is 242 g/mol. The van der Waals surface area contributed by atoms with Crippen molar-refractivity contribution < 1.29 is 14.6 Å². The summed E-state index contributed by atoms with van der Waals surface area (Å²) < 4.78 is 5.33. The number of ether oxygens (including phenoxy) is 1. The molecule has 19 heavy (non-hydrogen) atoms. The van der Waals surface area contributed by atoms with E-state index >= 15 is 0 Å². The molecule has 0 aromatic heterocycles. The van der Waals surface area contributed by atoms with E-state index in [2.05, 4.69) is 17.4 Å². The van der Waals surface area contributed by atoms with Crippen LogP contribution in [0.5, 0.6) is 5.75 Å². The number of aliphatic carboxylic acids is 1. The Bertz CT molecular complexity index is 420. The zero-order chi connectivity index (χ0) is 14.4. The van der Waals surface area contributed by atoms with Crippen molar-refractivity contribution in [1.82, 2.24) is 5.32 Å². The van der Waals surface area contributed by atoms with Crippen LogP contribution in [0.3, 0.4) is 0 Å².